The van der Waals surface area contributed by atoms with Gasteiger partial charge in [-0.05, 0) is 35.9 Å². The normalized spacial score (nSPS) is 10.4. The topological polar surface area (TPSA) is 96.5 Å². The van der Waals surface area contributed by atoms with E-state index < -0.39 is 0 Å². The fourth-order valence-electron chi connectivity index (χ4n) is 3.01. The van der Waals surface area contributed by atoms with Crippen LogP contribution in [-0.2, 0) is 11.3 Å². The number of nitrogens with one attached hydrogen (secondary N) is 1. The van der Waals surface area contributed by atoms with E-state index in [0.717, 1.165) is 17.0 Å². The number of thioether (sulfide) groups is 1. The van der Waals surface area contributed by atoms with Crippen molar-refractivity contribution in [2.75, 3.05) is 11.1 Å². The fourth-order valence-corrected chi connectivity index (χ4v) is 3.75. The van der Waals surface area contributed by atoms with E-state index in [4.69, 9.17) is 5.26 Å². The Hall–Kier alpha value is -3.96. The Morgan fingerprint density at radius 2 is 1.84 bits per heavy atom. The molecule has 0 saturated carbocycles. The zero-order valence-electron chi connectivity index (χ0n) is 16.5. The summed E-state index contributed by atoms with van der Waals surface area (Å²) in [6.45, 7) is 0.583. The number of pyridine rings is 1. The van der Waals surface area contributed by atoms with E-state index in [2.05, 4.69) is 26.6 Å². The lowest BCUT2D eigenvalue weighted by Crippen LogP contribution is -2.15. The lowest BCUT2D eigenvalue weighted by Gasteiger charge is -2.10. The zero-order valence-corrected chi connectivity index (χ0v) is 17.3. The largest absolute Gasteiger partial charge is 0.325 e. The average Bonchev–Trinajstić information content (AvgIpc) is 3.21. The number of carbonyl (C=O) groups is 1. The standard InChI is InChI=1S/C23H18N6OS/c24-14-18-7-4-8-20(13-18)26-21(30)16-31-23-28-27-22(19-9-11-25-12-10-19)29(23)15-17-5-2-1-3-6-17/h1-13H,15-16H2,(H,26,30). The van der Waals surface area contributed by atoms with Crippen LogP contribution in [0.25, 0.3) is 11.4 Å². The third-order valence-corrected chi connectivity index (χ3v) is 5.41. The van der Waals surface area contributed by atoms with Gasteiger partial charge in [-0.3, -0.25) is 14.3 Å². The molecule has 0 atom stereocenters. The summed E-state index contributed by atoms with van der Waals surface area (Å²) < 4.78 is 2.00. The molecule has 1 amide bonds. The second-order valence-corrected chi connectivity index (χ2v) is 7.59. The molecule has 0 aliphatic rings. The van der Waals surface area contributed by atoms with Crippen molar-refractivity contribution in [3.63, 3.8) is 0 Å². The van der Waals surface area contributed by atoms with Crippen molar-refractivity contribution in [2.45, 2.75) is 11.7 Å². The van der Waals surface area contributed by atoms with Crippen LogP contribution >= 0.6 is 11.8 Å². The number of amides is 1. The second-order valence-electron chi connectivity index (χ2n) is 6.64. The summed E-state index contributed by atoms with van der Waals surface area (Å²) in [6.07, 6.45) is 3.43. The van der Waals surface area contributed by atoms with Gasteiger partial charge in [0.25, 0.3) is 0 Å². The molecule has 0 spiro atoms. The number of benzene rings is 2. The van der Waals surface area contributed by atoms with Crippen LogP contribution in [0, 0.1) is 11.3 Å². The van der Waals surface area contributed by atoms with E-state index in [1.165, 1.54) is 11.8 Å². The van der Waals surface area contributed by atoms with Crippen LogP contribution < -0.4 is 5.32 Å². The Morgan fingerprint density at radius 1 is 1.03 bits per heavy atom. The maximum atomic E-state index is 12.5. The van der Waals surface area contributed by atoms with E-state index in [0.29, 0.717) is 23.0 Å². The number of rotatable bonds is 7. The van der Waals surface area contributed by atoms with Crippen LogP contribution in [0.4, 0.5) is 5.69 Å². The molecule has 31 heavy (non-hydrogen) atoms. The lowest BCUT2D eigenvalue weighted by atomic mass is 10.2. The molecular weight excluding hydrogens is 408 g/mol. The van der Waals surface area contributed by atoms with E-state index in [-0.39, 0.29) is 11.7 Å². The van der Waals surface area contributed by atoms with Gasteiger partial charge in [0, 0.05) is 23.6 Å². The van der Waals surface area contributed by atoms with Crippen molar-refractivity contribution in [3.8, 4) is 17.5 Å². The Bertz CT molecular complexity index is 1220. The average molecular weight is 427 g/mol. The van der Waals surface area contributed by atoms with Gasteiger partial charge >= 0.3 is 0 Å². The highest BCUT2D eigenvalue weighted by Crippen LogP contribution is 2.25. The molecule has 0 saturated heterocycles. The molecule has 0 aliphatic carbocycles. The van der Waals surface area contributed by atoms with Gasteiger partial charge in [0.2, 0.25) is 5.91 Å². The summed E-state index contributed by atoms with van der Waals surface area (Å²) >= 11 is 1.32. The third kappa shape index (κ3) is 5.15. The van der Waals surface area contributed by atoms with Crippen molar-refractivity contribution >= 4 is 23.4 Å². The van der Waals surface area contributed by atoms with Gasteiger partial charge in [0.15, 0.2) is 11.0 Å². The smallest absolute Gasteiger partial charge is 0.234 e. The van der Waals surface area contributed by atoms with Crippen LogP contribution in [0.3, 0.4) is 0 Å². The molecule has 0 unspecified atom stereocenters. The van der Waals surface area contributed by atoms with Crippen molar-refractivity contribution < 1.29 is 4.79 Å². The maximum Gasteiger partial charge on any atom is 0.234 e. The van der Waals surface area contributed by atoms with Gasteiger partial charge in [-0.1, -0.05) is 48.2 Å². The van der Waals surface area contributed by atoms with Crippen molar-refractivity contribution in [3.05, 3.63) is 90.3 Å². The van der Waals surface area contributed by atoms with Gasteiger partial charge in [-0.2, -0.15) is 5.26 Å². The number of hydrogen-bond acceptors (Lipinski definition) is 6. The second kappa shape index (κ2) is 9.69. The van der Waals surface area contributed by atoms with Gasteiger partial charge in [-0.25, -0.2) is 0 Å². The number of nitriles is 1. The number of nitrogens with zero attached hydrogens (tertiary/aromatic N) is 5. The first-order valence-corrected chi connectivity index (χ1v) is 10.5. The molecule has 7 nitrogen and oxygen atoms in total. The van der Waals surface area contributed by atoms with E-state index >= 15 is 0 Å². The highest BCUT2D eigenvalue weighted by molar-refractivity contribution is 7.99. The van der Waals surface area contributed by atoms with Crippen LogP contribution in [0.2, 0.25) is 0 Å². The van der Waals surface area contributed by atoms with Crippen LogP contribution in [0.1, 0.15) is 11.1 Å². The number of hydrogen-bond donors (Lipinski definition) is 1. The Labute approximate surface area is 183 Å². The predicted octanol–water partition coefficient (Wildman–Crippen LogP) is 3.99. The molecule has 0 bridgehead atoms. The summed E-state index contributed by atoms with van der Waals surface area (Å²) in [5.74, 6) is 0.704. The molecule has 1 N–H and O–H groups in total. The van der Waals surface area contributed by atoms with E-state index in [1.54, 1.807) is 36.7 Å². The number of anilines is 1. The number of aromatic nitrogens is 4. The fraction of sp³-hybridized carbons (Fsp3) is 0.0870. The van der Waals surface area contributed by atoms with Crippen molar-refractivity contribution in [2.24, 2.45) is 0 Å². The highest BCUT2D eigenvalue weighted by atomic mass is 32.2. The van der Waals surface area contributed by atoms with Gasteiger partial charge in [-0.15, -0.1) is 10.2 Å². The summed E-state index contributed by atoms with van der Waals surface area (Å²) in [6, 6.07) is 22.7. The first-order valence-electron chi connectivity index (χ1n) is 9.53. The van der Waals surface area contributed by atoms with E-state index in [9.17, 15) is 4.79 Å². The van der Waals surface area contributed by atoms with Crippen LogP contribution in [0.5, 0.6) is 0 Å². The maximum absolute atomic E-state index is 12.5. The monoisotopic (exact) mass is 426 g/mol. The van der Waals surface area contributed by atoms with Crippen molar-refractivity contribution in [1.82, 2.24) is 19.7 Å². The molecule has 4 rings (SSSR count). The SMILES string of the molecule is N#Cc1cccc(NC(=O)CSc2nnc(-c3ccncc3)n2Cc2ccccc2)c1. The van der Waals surface area contributed by atoms with Gasteiger partial charge < -0.3 is 5.32 Å². The Kier molecular flexibility index (Phi) is 6.35. The molecular formula is C23H18N6OS. The first kappa shape index (κ1) is 20.3. The van der Waals surface area contributed by atoms with Gasteiger partial charge in [0.05, 0.1) is 23.9 Å². The summed E-state index contributed by atoms with van der Waals surface area (Å²) in [7, 11) is 0. The van der Waals surface area contributed by atoms with Crippen molar-refractivity contribution in [1.29, 1.82) is 5.26 Å². The third-order valence-electron chi connectivity index (χ3n) is 4.45. The van der Waals surface area contributed by atoms with Crippen LogP contribution in [0.15, 0.2) is 84.3 Å². The number of carbonyl (C=O) groups excluding carboxylic acids is 1. The lowest BCUT2D eigenvalue weighted by molar-refractivity contribution is -0.113. The molecule has 2 heterocycles. The predicted molar refractivity (Wildman–Crippen MR) is 119 cm³/mol. The molecule has 4 aromatic rings. The molecule has 152 valence electrons. The van der Waals surface area contributed by atoms with Gasteiger partial charge in [0.1, 0.15) is 0 Å². The Morgan fingerprint density at radius 3 is 2.61 bits per heavy atom. The molecule has 2 aromatic carbocycles. The summed E-state index contributed by atoms with van der Waals surface area (Å²) in [4.78, 5) is 16.5. The summed E-state index contributed by atoms with van der Waals surface area (Å²) in [5.41, 5.74) is 3.10. The Balaban J connectivity index is 1.53. The molecule has 0 radical (unpaired) electrons. The molecule has 0 aliphatic heterocycles. The zero-order chi connectivity index (χ0) is 21.5. The molecule has 0 fully saturated rings. The minimum Gasteiger partial charge on any atom is -0.325 e. The quantitative estimate of drug-likeness (QED) is 0.449. The first-order chi connectivity index (χ1) is 15.2. The summed E-state index contributed by atoms with van der Waals surface area (Å²) in [5, 5.41) is 21.2. The minimum absolute atomic E-state index is 0.167. The molecule has 8 heteroatoms. The minimum atomic E-state index is -0.181. The van der Waals surface area contributed by atoms with Crippen LogP contribution in [-0.4, -0.2) is 31.4 Å². The molecule has 2 aromatic heterocycles. The van der Waals surface area contributed by atoms with E-state index in [1.807, 2.05) is 47.0 Å². The highest BCUT2D eigenvalue weighted by Gasteiger charge is 2.16.